The van der Waals surface area contributed by atoms with Gasteiger partial charge in [-0.05, 0) is 93.6 Å². The lowest BCUT2D eigenvalue weighted by Gasteiger charge is -2.34. The first-order chi connectivity index (χ1) is 15.2. The summed E-state index contributed by atoms with van der Waals surface area (Å²) < 4.78 is 30.2. The number of halogens is 2. The second-order valence-corrected chi connectivity index (χ2v) is 9.64. The van der Waals surface area contributed by atoms with Gasteiger partial charge < -0.3 is 15.2 Å². The highest BCUT2D eigenvalue weighted by atomic mass is 19.1. The molecule has 2 aromatic carbocycles. The topological polar surface area (TPSA) is 51.3 Å². The number of rotatable bonds is 7. The van der Waals surface area contributed by atoms with Gasteiger partial charge in [0.25, 0.3) is 0 Å². The van der Waals surface area contributed by atoms with Gasteiger partial charge in [0.15, 0.2) is 0 Å². The summed E-state index contributed by atoms with van der Waals surface area (Å²) in [6.45, 7) is 6.34. The summed E-state index contributed by atoms with van der Waals surface area (Å²) in [5, 5.41) is 1.04. The van der Waals surface area contributed by atoms with Crippen molar-refractivity contribution in [1.29, 1.82) is 0 Å². The van der Waals surface area contributed by atoms with E-state index in [1.54, 1.807) is 32.0 Å². The first-order valence-electron chi connectivity index (χ1n) is 11.3. The summed E-state index contributed by atoms with van der Waals surface area (Å²) >= 11 is 0. The Kier molecular flexibility index (Phi) is 6.33. The molecule has 0 radical (unpaired) electrons. The van der Waals surface area contributed by atoms with Gasteiger partial charge in [0.05, 0.1) is 5.52 Å². The first-order valence-corrected chi connectivity index (χ1v) is 11.3. The summed E-state index contributed by atoms with van der Waals surface area (Å²) in [5.74, 6) is -0.200. The van der Waals surface area contributed by atoms with E-state index in [1.807, 2.05) is 18.2 Å². The lowest BCUT2D eigenvalue weighted by atomic mass is 9.95. The smallest absolute Gasteiger partial charge is 0.248 e. The monoisotopic (exact) mass is 439 g/mol. The van der Waals surface area contributed by atoms with E-state index in [1.165, 1.54) is 6.07 Å². The van der Waals surface area contributed by atoms with Crippen LogP contribution >= 0.6 is 0 Å². The van der Waals surface area contributed by atoms with Crippen LogP contribution in [0.3, 0.4) is 0 Å². The van der Waals surface area contributed by atoms with Crippen molar-refractivity contribution < 1.29 is 13.6 Å². The van der Waals surface area contributed by atoms with E-state index in [-0.39, 0.29) is 5.82 Å². The predicted molar refractivity (Wildman–Crippen MR) is 124 cm³/mol. The van der Waals surface area contributed by atoms with Gasteiger partial charge in [-0.25, -0.2) is 8.78 Å². The van der Waals surface area contributed by atoms with Gasteiger partial charge in [-0.15, -0.1) is 0 Å². The zero-order chi connectivity index (χ0) is 22.9. The van der Waals surface area contributed by atoms with Crippen molar-refractivity contribution in [2.45, 2.75) is 45.3 Å². The fraction of sp³-hybridized carbons (Fsp3) is 0.423. The Morgan fingerprint density at radius 1 is 1.12 bits per heavy atom. The molecule has 0 unspecified atom stereocenters. The maximum Gasteiger partial charge on any atom is 0.248 e. The van der Waals surface area contributed by atoms with E-state index < -0.39 is 11.6 Å². The molecule has 1 aliphatic heterocycles. The Morgan fingerprint density at radius 3 is 2.44 bits per heavy atom. The Labute approximate surface area is 188 Å². The summed E-state index contributed by atoms with van der Waals surface area (Å²) in [6.07, 6.45) is 4.84. The van der Waals surface area contributed by atoms with E-state index >= 15 is 0 Å². The number of hydrogen-bond donors (Lipinski definition) is 1. The zero-order valence-electron chi connectivity index (χ0n) is 18.8. The number of carbonyl (C=O) groups excluding carboxylic acids is 1. The fourth-order valence-electron chi connectivity index (χ4n) is 4.78. The largest absolute Gasteiger partial charge is 0.366 e. The van der Waals surface area contributed by atoms with Crippen molar-refractivity contribution in [3.05, 3.63) is 71.2 Å². The fourth-order valence-corrected chi connectivity index (χ4v) is 4.78. The Bertz CT molecular complexity index is 1090. The number of nitrogens with zero attached hydrogens (tertiary/aromatic N) is 2. The van der Waals surface area contributed by atoms with Crippen LogP contribution in [0.2, 0.25) is 0 Å². The van der Waals surface area contributed by atoms with Gasteiger partial charge in [0, 0.05) is 30.2 Å². The van der Waals surface area contributed by atoms with E-state index in [0.29, 0.717) is 24.4 Å². The number of amides is 1. The van der Waals surface area contributed by atoms with E-state index in [4.69, 9.17) is 5.73 Å². The van der Waals surface area contributed by atoms with Crippen molar-refractivity contribution >= 4 is 16.8 Å². The molecule has 4 rings (SSSR count). The standard InChI is InChI=1S/C26H31F2N3O/c1-26(2,28)17-30-11-9-19(10-12-30)15-31-16-21(23-8-7-22(27)14-24(23)31)13-18-3-5-20(6-4-18)25(29)32/h3-8,14,16,19H,9-13,15,17H2,1-2H3,(H2,29,32). The molecular weight excluding hydrogens is 408 g/mol. The summed E-state index contributed by atoms with van der Waals surface area (Å²) in [7, 11) is 0. The molecular formula is C26H31F2N3O. The molecule has 3 aromatic rings. The van der Waals surface area contributed by atoms with E-state index in [2.05, 4.69) is 15.7 Å². The van der Waals surface area contributed by atoms with Crippen molar-refractivity contribution in [2.24, 2.45) is 11.7 Å². The molecule has 4 nitrogen and oxygen atoms in total. The SMILES string of the molecule is CC(C)(F)CN1CCC(Cn2cc(Cc3ccc(C(N)=O)cc3)c3ccc(F)cc32)CC1. The van der Waals surface area contributed by atoms with Gasteiger partial charge >= 0.3 is 0 Å². The summed E-state index contributed by atoms with van der Waals surface area (Å²) in [6, 6.07) is 12.3. The molecule has 6 heteroatoms. The van der Waals surface area contributed by atoms with Crippen molar-refractivity contribution in [2.75, 3.05) is 19.6 Å². The molecule has 1 saturated heterocycles. The minimum Gasteiger partial charge on any atom is -0.366 e. The number of nitrogens with two attached hydrogens (primary N) is 1. The second-order valence-electron chi connectivity index (χ2n) is 9.64. The Hall–Kier alpha value is -2.73. The van der Waals surface area contributed by atoms with Gasteiger partial charge in [0.1, 0.15) is 11.5 Å². The van der Waals surface area contributed by atoms with Crippen LogP contribution in [0.25, 0.3) is 10.9 Å². The molecule has 1 fully saturated rings. The van der Waals surface area contributed by atoms with Gasteiger partial charge in [0.2, 0.25) is 5.91 Å². The third-order valence-electron chi connectivity index (χ3n) is 6.32. The molecule has 2 N–H and O–H groups in total. The maximum atomic E-state index is 14.1. The van der Waals surface area contributed by atoms with Crippen LogP contribution in [-0.4, -0.2) is 40.7 Å². The molecule has 1 amide bonds. The van der Waals surface area contributed by atoms with Crippen LogP contribution in [0, 0.1) is 11.7 Å². The molecule has 0 aliphatic carbocycles. The van der Waals surface area contributed by atoms with Crippen molar-refractivity contribution in [3.8, 4) is 0 Å². The van der Waals surface area contributed by atoms with Crippen LogP contribution in [0.15, 0.2) is 48.7 Å². The number of carbonyl (C=O) groups is 1. The average Bonchev–Trinajstić information content (AvgIpc) is 3.05. The van der Waals surface area contributed by atoms with Crippen LogP contribution in [-0.2, 0) is 13.0 Å². The number of primary amides is 1. The molecule has 0 bridgehead atoms. The minimum atomic E-state index is -1.18. The number of hydrogen-bond acceptors (Lipinski definition) is 2. The number of likely N-dealkylation sites (tertiary alicyclic amines) is 1. The lowest BCUT2D eigenvalue weighted by molar-refractivity contribution is 0.0928. The lowest BCUT2D eigenvalue weighted by Crippen LogP contribution is -2.41. The molecule has 0 spiro atoms. The van der Waals surface area contributed by atoms with Gasteiger partial charge in [-0.3, -0.25) is 4.79 Å². The molecule has 1 aliphatic rings. The number of aromatic nitrogens is 1. The van der Waals surface area contributed by atoms with Crippen molar-refractivity contribution in [1.82, 2.24) is 9.47 Å². The average molecular weight is 440 g/mol. The van der Waals surface area contributed by atoms with Crippen LogP contribution in [0.4, 0.5) is 8.78 Å². The number of fused-ring (bicyclic) bond motifs is 1. The van der Waals surface area contributed by atoms with Crippen LogP contribution < -0.4 is 5.73 Å². The highest BCUT2D eigenvalue weighted by Crippen LogP contribution is 2.28. The third-order valence-corrected chi connectivity index (χ3v) is 6.32. The number of piperidine rings is 1. The third kappa shape index (κ3) is 5.36. The summed E-state index contributed by atoms with van der Waals surface area (Å²) in [5.41, 5.74) is 7.75. The normalized spacial score (nSPS) is 16.0. The predicted octanol–water partition coefficient (Wildman–Crippen LogP) is 4.93. The van der Waals surface area contributed by atoms with E-state index in [0.717, 1.165) is 54.5 Å². The second kappa shape index (κ2) is 9.02. The molecule has 0 saturated carbocycles. The van der Waals surface area contributed by atoms with E-state index in [9.17, 15) is 13.6 Å². The van der Waals surface area contributed by atoms with Gasteiger partial charge in [-0.1, -0.05) is 12.1 Å². The summed E-state index contributed by atoms with van der Waals surface area (Å²) in [4.78, 5) is 13.5. The number of alkyl halides is 1. The highest BCUT2D eigenvalue weighted by molar-refractivity contribution is 5.92. The minimum absolute atomic E-state index is 0.241. The highest BCUT2D eigenvalue weighted by Gasteiger charge is 2.25. The molecule has 32 heavy (non-hydrogen) atoms. The van der Waals surface area contributed by atoms with Crippen LogP contribution in [0.5, 0.6) is 0 Å². The maximum absolute atomic E-state index is 14.1. The zero-order valence-corrected chi connectivity index (χ0v) is 18.8. The number of benzene rings is 2. The Morgan fingerprint density at radius 2 is 1.81 bits per heavy atom. The van der Waals surface area contributed by atoms with Crippen molar-refractivity contribution in [3.63, 3.8) is 0 Å². The molecule has 2 heterocycles. The first kappa shape index (κ1) is 22.5. The van der Waals surface area contributed by atoms with Gasteiger partial charge in [-0.2, -0.15) is 0 Å². The Balaban J connectivity index is 1.51. The van der Waals surface area contributed by atoms with Crippen LogP contribution in [0.1, 0.15) is 48.2 Å². The quantitative estimate of drug-likeness (QED) is 0.568. The molecule has 1 aromatic heterocycles. The molecule has 0 atom stereocenters. The molecule has 170 valence electrons.